The Morgan fingerprint density at radius 1 is 0.970 bits per heavy atom. The summed E-state index contributed by atoms with van der Waals surface area (Å²) < 4.78 is 0. The third-order valence-electron chi connectivity index (χ3n) is 7.10. The summed E-state index contributed by atoms with van der Waals surface area (Å²) in [5, 5.41) is 9.41. The first-order chi connectivity index (χ1) is 15.7. The van der Waals surface area contributed by atoms with Gasteiger partial charge in [-0.3, -0.25) is 14.4 Å². The molecule has 2 aliphatic heterocycles. The van der Waals surface area contributed by atoms with E-state index in [1.807, 2.05) is 53.1 Å². The highest BCUT2D eigenvalue weighted by atomic mass is 16.4. The van der Waals surface area contributed by atoms with Gasteiger partial charge in [0.2, 0.25) is 5.91 Å². The topological polar surface area (TPSA) is 84.4 Å². The number of carboxylic acid groups (broad SMARTS) is 1. The number of hydrogen-bond acceptors (Lipinski definition) is 5. The van der Waals surface area contributed by atoms with E-state index < -0.39 is 5.97 Å². The van der Waals surface area contributed by atoms with E-state index in [-0.39, 0.29) is 30.1 Å². The van der Waals surface area contributed by atoms with Crippen molar-refractivity contribution in [3.05, 3.63) is 29.8 Å². The Bertz CT molecular complexity index is 826. The van der Waals surface area contributed by atoms with Gasteiger partial charge in [0.15, 0.2) is 0 Å². The van der Waals surface area contributed by atoms with Crippen LogP contribution in [0.4, 0.5) is 5.69 Å². The van der Waals surface area contributed by atoms with E-state index in [0.29, 0.717) is 18.7 Å². The largest absolute Gasteiger partial charge is 0.481 e. The van der Waals surface area contributed by atoms with Crippen molar-refractivity contribution in [2.75, 3.05) is 64.8 Å². The van der Waals surface area contributed by atoms with E-state index in [1.165, 1.54) is 0 Å². The number of piperidine rings is 1. The van der Waals surface area contributed by atoms with Gasteiger partial charge in [-0.2, -0.15) is 0 Å². The monoisotopic (exact) mass is 458 g/mol. The highest BCUT2D eigenvalue weighted by Gasteiger charge is 2.33. The predicted octanol–water partition coefficient (Wildman–Crippen LogP) is 2.25. The zero-order chi connectivity index (χ0) is 24.0. The van der Waals surface area contributed by atoms with Crippen molar-refractivity contribution in [2.24, 2.45) is 11.8 Å². The zero-order valence-corrected chi connectivity index (χ0v) is 20.2. The Kier molecular flexibility index (Phi) is 8.72. The lowest BCUT2D eigenvalue weighted by Gasteiger charge is -2.39. The first kappa shape index (κ1) is 25.0. The second-order valence-electron chi connectivity index (χ2n) is 9.59. The second kappa shape index (κ2) is 11.5. The number of amides is 2. The van der Waals surface area contributed by atoms with Crippen LogP contribution in [0.15, 0.2) is 24.3 Å². The van der Waals surface area contributed by atoms with Gasteiger partial charge in [0.1, 0.15) is 0 Å². The highest BCUT2D eigenvalue weighted by Crippen LogP contribution is 2.30. The maximum atomic E-state index is 13.2. The fourth-order valence-corrected chi connectivity index (χ4v) is 5.03. The number of carbonyl (C=O) groups is 3. The van der Waals surface area contributed by atoms with E-state index in [0.717, 1.165) is 57.7 Å². The number of rotatable bonds is 7. The van der Waals surface area contributed by atoms with Gasteiger partial charge in [0.25, 0.3) is 5.91 Å². The van der Waals surface area contributed by atoms with E-state index in [4.69, 9.17) is 0 Å². The van der Waals surface area contributed by atoms with Crippen LogP contribution in [0.25, 0.3) is 0 Å². The van der Waals surface area contributed by atoms with E-state index >= 15 is 0 Å². The fraction of sp³-hybridized carbons (Fsp3) is 0.640. The van der Waals surface area contributed by atoms with Crippen molar-refractivity contribution in [1.82, 2.24) is 14.7 Å². The third kappa shape index (κ3) is 6.93. The summed E-state index contributed by atoms with van der Waals surface area (Å²) in [7, 11) is 3.94. The van der Waals surface area contributed by atoms with Crippen molar-refractivity contribution >= 4 is 23.5 Å². The maximum Gasteiger partial charge on any atom is 0.303 e. The molecule has 2 saturated heterocycles. The maximum absolute atomic E-state index is 13.2. The number of hydrogen-bond donors (Lipinski definition) is 1. The summed E-state index contributed by atoms with van der Waals surface area (Å²) in [5.74, 6) is -0.379. The zero-order valence-electron chi connectivity index (χ0n) is 20.2. The Morgan fingerprint density at radius 3 is 2.33 bits per heavy atom. The molecule has 33 heavy (non-hydrogen) atoms. The minimum Gasteiger partial charge on any atom is -0.481 e. The molecule has 1 aromatic rings. The van der Waals surface area contributed by atoms with Gasteiger partial charge in [-0.15, -0.1) is 0 Å². The van der Waals surface area contributed by atoms with Crippen LogP contribution in [0.1, 0.15) is 43.0 Å². The molecule has 0 aromatic heterocycles. The minimum absolute atomic E-state index is 0.0194. The normalized spacial score (nSPS) is 22.0. The molecular formula is C25H38N4O4. The molecule has 1 N–H and O–H groups in total. The molecule has 0 aliphatic carbocycles. The Balaban J connectivity index is 1.62. The van der Waals surface area contributed by atoms with Crippen molar-refractivity contribution in [3.8, 4) is 0 Å². The van der Waals surface area contributed by atoms with Crippen LogP contribution in [0.5, 0.6) is 0 Å². The van der Waals surface area contributed by atoms with Gasteiger partial charge < -0.3 is 24.7 Å². The SMILES string of the molecule is CC(=O)N1CCCN(CCC2CN(C(=O)c3ccc(N(C)C)cc3)CCC2CC(=O)O)CC1. The third-order valence-corrected chi connectivity index (χ3v) is 7.10. The highest BCUT2D eigenvalue weighted by molar-refractivity contribution is 5.94. The van der Waals surface area contributed by atoms with Crippen LogP contribution in [0.2, 0.25) is 0 Å². The van der Waals surface area contributed by atoms with Gasteiger partial charge in [-0.1, -0.05) is 0 Å². The fourth-order valence-electron chi connectivity index (χ4n) is 5.03. The number of nitrogens with zero attached hydrogens (tertiary/aromatic N) is 4. The Hall–Kier alpha value is -2.61. The van der Waals surface area contributed by atoms with Crippen LogP contribution in [0, 0.1) is 11.8 Å². The molecule has 3 rings (SSSR count). The average Bonchev–Trinajstić information content (AvgIpc) is 3.03. The number of carbonyl (C=O) groups excluding carboxylic acids is 2. The molecule has 2 atom stereocenters. The molecule has 1 aromatic carbocycles. The molecule has 8 heteroatoms. The number of carboxylic acids is 1. The van der Waals surface area contributed by atoms with Crippen molar-refractivity contribution in [2.45, 2.75) is 32.6 Å². The summed E-state index contributed by atoms with van der Waals surface area (Å²) in [6.45, 7) is 7.01. The first-order valence-corrected chi connectivity index (χ1v) is 12.0. The summed E-state index contributed by atoms with van der Waals surface area (Å²) in [4.78, 5) is 44.5. The summed E-state index contributed by atoms with van der Waals surface area (Å²) in [6.07, 6.45) is 2.69. The van der Waals surface area contributed by atoms with Gasteiger partial charge in [0.05, 0.1) is 0 Å². The van der Waals surface area contributed by atoms with Crippen LogP contribution in [0.3, 0.4) is 0 Å². The number of likely N-dealkylation sites (tertiary alicyclic amines) is 1. The summed E-state index contributed by atoms with van der Waals surface area (Å²) >= 11 is 0. The van der Waals surface area contributed by atoms with Crippen LogP contribution >= 0.6 is 0 Å². The lowest BCUT2D eigenvalue weighted by Crippen LogP contribution is -2.45. The van der Waals surface area contributed by atoms with Gasteiger partial charge in [0, 0.05) is 71.4 Å². The molecule has 182 valence electrons. The van der Waals surface area contributed by atoms with Gasteiger partial charge in [-0.05, 0) is 68.5 Å². The molecular weight excluding hydrogens is 420 g/mol. The van der Waals surface area contributed by atoms with Crippen LogP contribution < -0.4 is 4.90 Å². The molecule has 2 heterocycles. The summed E-state index contributed by atoms with van der Waals surface area (Å²) in [5.41, 5.74) is 1.72. The quantitative estimate of drug-likeness (QED) is 0.675. The summed E-state index contributed by atoms with van der Waals surface area (Å²) in [6, 6.07) is 7.64. The lowest BCUT2D eigenvalue weighted by atomic mass is 9.81. The van der Waals surface area contributed by atoms with Crippen molar-refractivity contribution in [3.63, 3.8) is 0 Å². The lowest BCUT2D eigenvalue weighted by molar-refractivity contribution is -0.139. The number of benzene rings is 1. The molecule has 8 nitrogen and oxygen atoms in total. The molecule has 2 fully saturated rings. The molecule has 0 radical (unpaired) electrons. The Morgan fingerprint density at radius 2 is 1.70 bits per heavy atom. The molecule has 0 spiro atoms. The number of aliphatic carboxylic acids is 1. The number of anilines is 1. The van der Waals surface area contributed by atoms with E-state index in [1.54, 1.807) is 6.92 Å². The molecule has 0 bridgehead atoms. The predicted molar refractivity (Wildman–Crippen MR) is 128 cm³/mol. The Labute approximate surface area is 197 Å². The van der Waals surface area contributed by atoms with Gasteiger partial charge >= 0.3 is 5.97 Å². The second-order valence-corrected chi connectivity index (χ2v) is 9.59. The van der Waals surface area contributed by atoms with Crippen molar-refractivity contribution < 1.29 is 19.5 Å². The van der Waals surface area contributed by atoms with E-state index in [2.05, 4.69) is 4.90 Å². The van der Waals surface area contributed by atoms with Crippen LogP contribution in [-0.2, 0) is 9.59 Å². The standard InChI is InChI=1S/C25H38N4O4/c1-19(30)28-12-4-11-27(15-16-28)13-9-22-18-29(14-10-21(22)17-24(31)32)25(33)20-5-7-23(8-6-20)26(2)3/h5-8,21-22H,4,9-18H2,1-3H3,(H,31,32). The van der Waals surface area contributed by atoms with E-state index in [9.17, 15) is 19.5 Å². The van der Waals surface area contributed by atoms with Gasteiger partial charge in [-0.25, -0.2) is 0 Å². The molecule has 2 amide bonds. The molecule has 0 saturated carbocycles. The van der Waals surface area contributed by atoms with Crippen LogP contribution in [-0.4, -0.2) is 97.5 Å². The molecule has 2 unspecified atom stereocenters. The minimum atomic E-state index is -0.768. The smallest absolute Gasteiger partial charge is 0.303 e. The average molecular weight is 459 g/mol. The molecule has 2 aliphatic rings. The van der Waals surface area contributed by atoms with Crippen molar-refractivity contribution in [1.29, 1.82) is 0 Å². The first-order valence-electron chi connectivity index (χ1n) is 12.0.